The summed E-state index contributed by atoms with van der Waals surface area (Å²) in [5.74, 6) is 0. The summed E-state index contributed by atoms with van der Waals surface area (Å²) in [5.41, 5.74) is 1.05. The normalized spacial score (nSPS) is 13.5. The fourth-order valence-electron chi connectivity index (χ4n) is 1.70. The van der Waals surface area contributed by atoms with E-state index in [2.05, 4.69) is 33.4 Å². The van der Waals surface area contributed by atoms with Gasteiger partial charge in [0.1, 0.15) is 0 Å². The predicted octanol–water partition coefficient (Wildman–Crippen LogP) is 3.54. The molecule has 0 radical (unpaired) electrons. The quantitative estimate of drug-likeness (QED) is 0.776. The number of benzene rings is 1. The van der Waals surface area contributed by atoms with Crippen LogP contribution in [0.5, 0.6) is 0 Å². The van der Waals surface area contributed by atoms with Crippen LogP contribution in [0.1, 0.15) is 32.4 Å². The summed E-state index contributed by atoms with van der Waals surface area (Å²) >= 11 is 3.49. The molecule has 0 aliphatic heterocycles. The lowest BCUT2D eigenvalue weighted by atomic mass is 10.1. The standard InChI is InChI=1S/C15H24BrNO2/c1-15(2,3)19-9-8-18-14(11-17-4)12-6-5-7-13(16)10-12/h5-7,10,14,17H,8-9,11H2,1-4H3. The fourth-order valence-corrected chi connectivity index (χ4v) is 2.12. The Morgan fingerprint density at radius 2 is 2.00 bits per heavy atom. The summed E-state index contributed by atoms with van der Waals surface area (Å²) in [6, 6.07) is 8.21. The van der Waals surface area contributed by atoms with Crippen LogP contribution in [0.3, 0.4) is 0 Å². The number of hydrogen-bond acceptors (Lipinski definition) is 3. The zero-order chi connectivity index (χ0) is 14.3. The summed E-state index contributed by atoms with van der Waals surface area (Å²) in [4.78, 5) is 0. The lowest BCUT2D eigenvalue weighted by Crippen LogP contribution is -2.25. The minimum atomic E-state index is -0.113. The average molecular weight is 330 g/mol. The predicted molar refractivity (Wildman–Crippen MR) is 82.5 cm³/mol. The molecule has 19 heavy (non-hydrogen) atoms. The highest BCUT2D eigenvalue weighted by molar-refractivity contribution is 9.10. The van der Waals surface area contributed by atoms with Gasteiger partial charge in [-0.2, -0.15) is 0 Å². The molecule has 1 N–H and O–H groups in total. The first kappa shape index (κ1) is 16.6. The van der Waals surface area contributed by atoms with Crippen molar-refractivity contribution >= 4 is 15.9 Å². The molecule has 3 nitrogen and oxygen atoms in total. The van der Waals surface area contributed by atoms with Gasteiger partial charge in [0.05, 0.1) is 24.9 Å². The highest BCUT2D eigenvalue weighted by atomic mass is 79.9. The molecule has 0 spiro atoms. The van der Waals surface area contributed by atoms with Gasteiger partial charge in [0.25, 0.3) is 0 Å². The van der Waals surface area contributed by atoms with Crippen LogP contribution in [0.4, 0.5) is 0 Å². The van der Waals surface area contributed by atoms with Gasteiger partial charge in [0.15, 0.2) is 0 Å². The van der Waals surface area contributed by atoms with E-state index >= 15 is 0 Å². The maximum absolute atomic E-state index is 5.91. The minimum Gasteiger partial charge on any atom is -0.373 e. The molecule has 0 aromatic heterocycles. The van der Waals surface area contributed by atoms with E-state index in [1.807, 2.05) is 40.0 Å². The van der Waals surface area contributed by atoms with Crippen molar-refractivity contribution in [3.05, 3.63) is 34.3 Å². The van der Waals surface area contributed by atoms with Gasteiger partial charge in [-0.25, -0.2) is 0 Å². The Hall–Kier alpha value is -0.420. The smallest absolute Gasteiger partial charge is 0.0950 e. The second kappa shape index (κ2) is 8.00. The summed E-state index contributed by atoms with van der Waals surface area (Å²) < 4.78 is 12.6. The molecule has 0 fully saturated rings. The van der Waals surface area contributed by atoms with E-state index in [9.17, 15) is 0 Å². The molecule has 1 unspecified atom stereocenters. The number of nitrogens with one attached hydrogen (secondary N) is 1. The SMILES string of the molecule is CNCC(OCCOC(C)(C)C)c1cccc(Br)c1. The van der Waals surface area contributed by atoms with E-state index < -0.39 is 0 Å². The van der Waals surface area contributed by atoms with Crippen molar-refractivity contribution in [1.29, 1.82) is 0 Å². The molecule has 0 heterocycles. The molecule has 108 valence electrons. The lowest BCUT2D eigenvalue weighted by molar-refractivity contribution is -0.0516. The van der Waals surface area contributed by atoms with E-state index in [1.54, 1.807) is 0 Å². The number of hydrogen-bond donors (Lipinski definition) is 1. The van der Waals surface area contributed by atoms with Crippen LogP contribution in [0.2, 0.25) is 0 Å². The van der Waals surface area contributed by atoms with Gasteiger partial charge in [-0.3, -0.25) is 0 Å². The second-order valence-electron chi connectivity index (χ2n) is 5.43. The van der Waals surface area contributed by atoms with Crippen molar-refractivity contribution in [2.75, 3.05) is 26.8 Å². The lowest BCUT2D eigenvalue weighted by Gasteiger charge is -2.22. The fraction of sp³-hybridized carbons (Fsp3) is 0.600. The molecule has 1 aromatic carbocycles. The van der Waals surface area contributed by atoms with Gasteiger partial charge >= 0.3 is 0 Å². The molecule has 0 aliphatic rings. The van der Waals surface area contributed by atoms with Crippen molar-refractivity contribution in [3.63, 3.8) is 0 Å². The van der Waals surface area contributed by atoms with E-state index in [-0.39, 0.29) is 11.7 Å². The summed E-state index contributed by atoms with van der Waals surface area (Å²) in [6.45, 7) is 8.13. The first-order chi connectivity index (χ1) is 8.92. The Morgan fingerprint density at radius 3 is 2.58 bits per heavy atom. The Balaban J connectivity index is 2.49. The van der Waals surface area contributed by atoms with E-state index in [1.165, 1.54) is 5.56 Å². The molecule has 4 heteroatoms. The van der Waals surface area contributed by atoms with Crippen molar-refractivity contribution in [3.8, 4) is 0 Å². The van der Waals surface area contributed by atoms with Gasteiger partial charge < -0.3 is 14.8 Å². The number of ether oxygens (including phenoxy) is 2. The molecule has 0 saturated heterocycles. The van der Waals surface area contributed by atoms with Gasteiger partial charge in [0, 0.05) is 11.0 Å². The Kier molecular flexibility index (Phi) is 7.00. The summed E-state index contributed by atoms with van der Waals surface area (Å²) in [5, 5.41) is 3.16. The molecule has 1 atom stereocenters. The van der Waals surface area contributed by atoms with Crippen LogP contribution < -0.4 is 5.32 Å². The van der Waals surface area contributed by atoms with Gasteiger partial charge in [-0.15, -0.1) is 0 Å². The number of likely N-dealkylation sites (N-methyl/N-ethyl adjacent to an activating group) is 1. The zero-order valence-electron chi connectivity index (χ0n) is 12.2. The summed E-state index contributed by atoms with van der Waals surface area (Å²) in [7, 11) is 1.93. The molecular formula is C15H24BrNO2. The van der Waals surface area contributed by atoms with Crippen molar-refractivity contribution in [1.82, 2.24) is 5.32 Å². The summed E-state index contributed by atoms with van der Waals surface area (Å²) in [6.07, 6.45) is 0.0473. The second-order valence-corrected chi connectivity index (χ2v) is 6.35. The highest BCUT2D eigenvalue weighted by Crippen LogP contribution is 2.21. The molecule has 0 bridgehead atoms. The van der Waals surface area contributed by atoms with E-state index in [4.69, 9.17) is 9.47 Å². The van der Waals surface area contributed by atoms with Crippen LogP contribution in [0.15, 0.2) is 28.7 Å². The molecule has 1 aromatic rings. The monoisotopic (exact) mass is 329 g/mol. The molecule has 0 saturated carbocycles. The van der Waals surface area contributed by atoms with Crippen LogP contribution in [0, 0.1) is 0 Å². The number of rotatable bonds is 7. The topological polar surface area (TPSA) is 30.5 Å². The zero-order valence-corrected chi connectivity index (χ0v) is 13.8. The van der Waals surface area contributed by atoms with Crippen molar-refractivity contribution in [2.45, 2.75) is 32.5 Å². The first-order valence-corrected chi connectivity index (χ1v) is 7.37. The molecule has 0 amide bonds. The van der Waals surface area contributed by atoms with Crippen LogP contribution in [-0.2, 0) is 9.47 Å². The van der Waals surface area contributed by atoms with Gasteiger partial charge in [0.2, 0.25) is 0 Å². The van der Waals surface area contributed by atoms with E-state index in [0.29, 0.717) is 13.2 Å². The highest BCUT2D eigenvalue weighted by Gasteiger charge is 2.13. The molecule has 1 rings (SSSR count). The van der Waals surface area contributed by atoms with Gasteiger partial charge in [-0.05, 0) is 45.5 Å². The molecular weight excluding hydrogens is 306 g/mol. The third-order valence-electron chi connectivity index (χ3n) is 2.55. The third kappa shape index (κ3) is 7.06. The van der Waals surface area contributed by atoms with Crippen molar-refractivity contribution in [2.24, 2.45) is 0 Å². The Morgan fingerprint density at radius 1 is 1.26 bits per heavy atom. The van der Waals surface area contributed by atoms with E-state index in [0.717, 1.165) is 11.0 Å². The minimum absolute atomic E-state index is 0.0473. The van der Waals surface area contributed by atoms with Crippen molar-refractivity contribution < 1.29 is 9.47 Å². The maximum Gasteiger partial charge on any atom is 0.0950 e. The largest absolute Gasteiger partial charge is 0.373 e. The van der Waals surface area contributed by atoms with Crippen LogP contribution in [-0.4, -0.2) is 32.4 Å². The average Bonchev–Trinajstić information content (AvgIpc) is 2.32. The first-order valence-electron chi connectivity index (χ1n) is 6.58. The van der Waals surface area contributed by atoms with Gasteiger partial charge in [-0.1, -0.05) is 28.1 Å². The Bertz CT molecular complexity index is 377. The van der Waals surface area contributed by atoms with Crippen LogP contribution in [0.25, 0.3) is 0 Å². The molecule has 0 aliphatic carbocycles. The Labute approximate surface area is 124 Å². The maximum atomic E-state index is 5.91. The number of halogens is 1. The van der Waals surface area contributed by atoms with Crippen LogP contribution >= 0.6 is 15.9 Å². The third-order valence-corrected chi connectivity index (χ3v) is 3.04.